The van der Waals surface area contributed by atoms with Gasteiger partial charge in [0, 0.05) is 12.1 Å². The summed E-state index contributed by atoms with van der Waals surface area (Å²) in [6, 6.07) is 14.6. The summed E-state index contributed by atoms with van der Waals surface area (Å²) >= 11 is 0. The van der Waals surface area contributed by atoms with Crippen LogP contribution in [0.1, 0.15) is 71.3 Å². The molecule has 2 aromatic rings. The molecule has 0 aliphatic carbocycles. The normalized spacial score (nSPS) is 16.1. The predicted molar refractivity (Wildman–Crippen MR) is 112 cm³/mol. The number of carbonyl (C=O) groups is 1. The Labute approximate surface area is 163 Å². The molecule has 0 spiro atoms. The van der Waals surface area contributed by atoms with Crippen LogP contribution in [0.5, 0.6) is 0 Å². The summed E-state index contributed by atoms with van der Waals surface area (Å²) < 4.78 is 0. The fourth-order valence-electron chi connectivity index (χ4n) is 4.00. The number of benzene rings is 2. The van der Waals surface area contributed by atoms with E-state index in [0.717, 1.165) is 18.5 Å². The van der Waals surface area contributed by atoms with Crippen LogP contribution in [0.25, 0.3) is 0 Å². The maximum atomic E-state index is 12.7. The lowest BCUT2D eigenvalue weighted by Gasteiger charge is -2.26. The molecule has 1 fully saturated rings. The van der Waals surface area contributed by atoms with Gasteiger partial charge in [-0.05, 0) is 75.0 Å². The van der Waals surface area contributed by atoms with E-state index >= 15 is 0 Å². The van der Waals surface area contributed by atoms with Crippen molar-refractivity contribution < 1.29 is 4.79 Å². The minimum absolute atomic E-state index is 0.00588. The molecule has 1 N–H and O–H groups in total. The Morgan fingerprint density at radius 2 is 1.74 bits per heavy atom. The Morgan fingerprint density at radius 3 is 2.37 bits per heavy atom. The third-order valence-electron chi connectivity index (χ3n) is 5.59. The van der Waals surface area contributed by atoms with Gasteiger partial charge in [-0.2, -0.15) is 0 Å². The van der Waals surface area contributed by atoms with Crippen LogP contribution in [-0.2, 0) is 6.54 Å². The highest BCUT2D eigenvalue weighted by Crippen LogP contribution is 2.22. The number of hydrogen-bond acceptors (Lipinski definition) is 2. The second-order valence-electron chi connectivity index (χ2n) is 7.83. The predicted octanol–water partition coefficient (Wildman–Crippen LogP) is 5.17. The zero-order chi connectivity index (χ0) is 19.2. The van der Waals surface area contributed by atoms with Crippen molar-refractivity contribution in [3.8, 4) is 0 Å². The Balaban J connectivity index is 1.64. The van der Waals surface area contributed by atoms with Gasteiger partial charge in [0.15, 0.2) is 0 Å². The second-order valence-corrected chi connectivity index (χ2v) is 7.83. The molecule has 27 heavy (non-hydrogen) atoms. The largest absolute Gasteiger partial charge is 0.345 e. The SMILES string of the molecule is CC[C@H](NC(=O)c1ccc(CN2CCCCC2)cc1)c1ccc(C)cc1C. The number of carbonyl (C=O) groups excluding carboxylic acids is 1. The molecule has 0 aromatic heterocycles. The van der Waals surface area contributed by atoms with Crippen molar-refractivity contribution in [2.75, 3.05) is 13.1 Å². The molecule has 1 aliphatic rings. The van der Waals surface area contributed by atoms with E-state index in [0.29, 0.717) is 0 Å². The van der Waals surface area contributed by atoms with Crippen molar-refractivity contribution in [3.63, 3.8) is 0 Å². The summed E-state index contributed by atoms with van der Waals surface area (Å²) in [5.74, 6) is 0.00588. The molecule has 0 radical (unpaired) electrons. The quantitative estimate of drug-likeness (QED) is 0.767. The summed E-state index contributed by atoms with van der Waals surface area (Å²) in [5.41, 5.74) is 5.72. The van der Waals surface area contributed by atoms with Gasteiger partial charge in [-0.3, -0.25) is 9.69 Å². The van der Waals surface area contributed by atoms with Gasteiger partial charge >= 0.3 is 0 Å². The number of amides is 1. The molecule has 1 amide bonds. The van der Waals surface area contributed by atoms with Crippen molar-refractivity contribution in [1.29, 1.82) is 0 Å². The van der Waals surface area contributed by atoms with Crippen LogP contribution in [0.2, 0.25) is 0 Å². The van der Waals surface area contributed by atoms with E-state index < -0.39 is 0 Å². The average Bonchev–Trinajstić information content (AvgIpc) is 2.68. The third-order valence-corrected chi connectivity index (χ3v) is 5.59. The summed E-state index contributed by atoms with van der Waals surface area (Å²) in [5, 5.41) is 3.21. The summed E-state index contributed by atoms with van der Waals surface area (Å²) in [6.07, 6.45) is 4.84. The molecule has 3 nitrogen and oxygen atoms in total. The minimum atomic E-state index is 0.00588. The van der Waals surface area contributed by atoms with Crippen LogP contribution >= 0.6 is 0 Å². The Kier molecular flexibility index (Phi) is 6.68. The topological polar surface area (TPSA) is 32.3 Å². The number of nitrogens with one attached hydrogen (secondary N) is 1. The zero-order valence-electron chi connectivity index (χ0n) is 16.9. The lowest BCUT2D eigenvalue weighted by Crippen LogP contribution is -2.29. The standard InChI is InChI=1S/C24H32N2O/c1-4-23(22-13-8-18(2)16-19(22)3)25-24(27)21-11-9-20(10-12-21)17-26-14-6-5-7-15-26/h8-13,16,23H,4-7,14-15,17H2,1-3H3,(H,25,27)/t23-/m0/s1. The summed E-state index contributed by atoms with van der Waals surface area (Å²) in [6.45, 7) is 9.70. The number of aryl methyl sites for hydroxylation is 2. The highest BCUT2D eigenvalue weighted by atomic mass is 16.1. The van der Waals surface area contributed by atoms with Gasteiger partial charge < -0.3 is 5.32 Å². The van der Waals surface area contributed by atoms with E-state index in [9.17, 15) is 4.79 Å². The molecule has 0 saturated carbocycles. The number of hydrogen-bond donors (Lipinski definition) is 1. The molecule has 1 aliphatic heterocycles. The lowest BCUT2D eigenvalue weighted by molar-refractivity contribution is 0.0935. The molecule has 0 unspecified atom stereocenters. The Bertz CT molecular complexity index is 760. The number of piperidine rings is 1. The first-order valence-corrected chi connectivity index (χ1v) is 10.3. The van der Waals surface area contributed by atoms with E-state index in [4.69, 9.17) is 0 Å². The molecule has 1 heterocycles. The van der Waals surface area contributed by atoms with E-state index in [1.165, 1.54) is 54.6 Å². The van der Waals surface area contributed by atoms with Gasteiger partial charge in [0.1, 0.15) is 0 Å². The number of rotatable bonds is 6. The van der Waals surface area contributed by atoms with Crippen molar-refractivity contribution >= 4 is 5.91 Å². The monoisotopic (exact) mass is 364 g/mol. The molecule has 1 atom stereocenters. The molecular weight excluding hydrogens is 332 g/mol. The number of nitrogens with zero attached hydrogens (tertiary/aromatic N) is 1. The van der Waals surface area contributed by atoms with Crippen LogP contribution in [0.3, 0.4) is 0 Å². The van der Waals surface area contributed by atoms with Crippen LogP contribution < -0.4 is 5.32 Å². The molecule has 3 heteroatoms. The number of likely N-dealkylation sites (tertiary alicyclic amines) is 1. The molecule has 0 bridgehead atoms. The molecule has 3 rings (SSSR count). The Hall–Kier alpha value is -2.13. The third kappa shape index (κ3) is 5.20. The molecule has 2 aromatic carbocycles. The summed E-state index contributed by atoms with van der Waals surface area (Å²) in [7, 11) is 0. The van der Waals surface area contributed by atoms with Crippen LogP contribution in [0.15, 0.2) is 42.5 Å². The second kappa shape index (κ2) is 9.18. The van der Waals surface area contributed by atoms with Crippen LogP contribution in [0, 0.1) is 13.8 Å². The van der Waals surface area contributed by atoms with E-state index in [1.54, 1.807) is 0 Å². The van der Waals surface area contributed by atoms with Gasteiger partial charge in [-0.1, -0.05) is 49.2 Å². The highest BCUT2D eigenvalue weighted by Gasteiger charge is 2.16. The molecule has 144 valence electrons. The first kappa shape index (κ1) is 19.6. The van der Waals surface area contributed by atoms with E-state index in [1.807, 2.05) is 12.1 Å². The van der Waals surface area contributed by atoms with Crippen LogP contribution in [0.4, 0.5) is 0 Å². The maximum absolute atomic E-state index is 12.7. The maximum Gasteiger partial charge on any atom is 0.251 e. The fourth-order valence-corrected chi connectivity index (χ4v) is 4.00. The summed E-state index contributed by atoms with van der Waals surface area (Å²) in [4.78, 5) is 15.3. The van der Waals surface area contributed by atoms with Crippen molar-refractivity contribution in [2.24, 2.45) is 0 Å². The van der Waals surface area contributed by atoms with E-state index in [2.05, 4.69) is 61.3 Å². The smallest absolute Gasteiger partial charge is 0.251 e. The zero-order valence-corrected chi connectivity index (χ0v) is 16.9. The van der Waals surface area contributed by atoms with Gasteiger partial charge in [0.2, 0.25) is 0 Å². The van der Waals surface area contributed by atoms with Crippen molar-refractivity contribution in [3.05, 3.63) is 70.3 Å². The van der Waals surface area contributed by atoms with Gasteiger partial charge in [-0.15, -0.1) is 0 Å². The highest BCUT2D eigenvalue weighted by molar-refractivity contribution is 5.94. The fraction of sp³-hybridized carbons (Fsp3) is 0.458. The molecule has 1 saturated heterocycles. The minimum Gasteiger partial charge on any atom is -0.345 e. The Morgan fingerprint density at radius 1 is 1.04 bits per heavy atom. The van der Waals surface area contributed by atoms with Crippen molar-refractivity contribution in [1.82, 2.24) is 10.2 Å². The first-order valence-electron chi connectivity index (χ1n) is 10.3. The van der Waals surface area contributed by atoms with E-state index in [-0.39, 0.29) is 11.9 Å². The lowest BCUT2D eigenvalue weighted by atomic mass is 9.97. The van der Waals surface area contributed by atoms with Gasteiger partial charge in [0.05, 0.1) is 6.04 Å². The molecular formula is C24H32N2O. The average molecular weight is 365 g/mol. The van der Waals surface area contributed by atoms with Crippen LogP contribution in [-0.4, -0.2) is 23.9 Å². The van der Waals surface area contributed by atoms with Gasteiger partial charge in [-0.25, -0.2) is 0 Å². The first-order chi connectivity index (χ1) is 13.1. The van der Waals surface area contributed by atoms with Crippen molar-refractivity contribution in [2.45, 2.75) is 59.0 Å². The van der Waals surface area contributed by atoms with Gasteiger partial charge in [0.25, 0.3) is 5.91 Å².